The minimum Gasteiger partial charge on any atom is -0.350 e. The second-order valence-electron chi connectivity index (χ2n) is 7.93. The van der Waals surface area contributed by atoms with Crippen molar-refractivity contribution in [3.63, 3.8) is 0 Å². The van der Waals surface area contributed by atoms with Gasteiger partial charge in [0.25, 0.3) is 5.91 Å². The Bertz CT molecular complexity index is 478. The largest absolute Gasteiger partial charge is 0.350 e. The zero-order chi connectivity index (χ0) is 19.7. The summed E-state index contributed by atoms with van der Waals surface area (Å²) in [5.41, 5.74) is 6.69. The van der Waals surface area contributed by atoms with Crippen LogP contribution in [0.5, 0.6) is 0 Å². The number of nitrogens with two attached hydrogens (primary N) is 1. The first-order valence-electron chi connectivity index (χ1n) is 10.7. The van der Waals surface area contributed by atoms with Gasteiger partial charge in [0.1, 0.15) is 0 Å². The zero-order valence-electron chi connectivity index (χ0n) is 17.4. The van der Waals surface area contributed by atoms with Crippen molar-refractivity contribution in [1.82, 2.24) is 15.6 Å². The predicted molar refractivity (Wildman–Crippen MR) is 114 cm³/mol. The molecule has 154 valence electrons. The summed E-state index contributed by atoms with van der Waals surface area (Å²) in [4.78, 5) is 15.9. The number of carbonyl (C=O) groups is 1. The first-order chi connectivity index (χ1) is 13.1. The maximum absolute atomic E-state index is 11.9. The van der Waals surface area contributed by atoms with E-state index in [2.05, 4.69) is 29.5 Å². The molecule has 0 saturated carbocycles. The molecule has 0 radical (unpaired) electrons. The molecule has 1 heterocycles. The summed E-state index contributed by atoms with van der Waals surface area (Å²) >= 11 is 0. The number of hydrogen-bond donors (Lipinski definition) is 3. The van der Waals surface area contributed by atoms with E-state index >= 15 is 0 Å². The van der Waals surface area contributed by atoms with Crippen LogP contribution >= 0.6 is 0 Å². The van der Waals surface area contributed by atoms with E-state index in [1.807, 2.05) is 0 Å². The first-order valence-corrected chi connectivity index (χ1v) is 10.7. The van der Waals surface area contributed by atoms with Gasteiger partial charge in [0.2, 0.25) is 0 Å². The van der Waals surface area contributed by atoms with E-state index in [0.717, 1.165) is 31.8 Å². The highest BCUT2D eigenvalue weighted by atomic mass is 16.1. The van der Waals surface area contributed by atoms with Gasteiger partial charge in [-0.05, 0) is 44.0 Å². The van der Waals surface area contributed by atoms with Crippen molar-refractivity contribution in [2.45, 2.75) is 77.7 Å². The van der Waals surface area contributed by atoms with E-state index in [-0.39, 0.29) is 11.9 Å². The minimum atomic E-state index is -0.0991. The van der Waals surface area contributed by atoms with Gasteiger partial charge in [-0.3, -0.25) is 9.78 Å². The van der Waals surface area contributed by atoms with Crippen molar-refractivity contribution in [1.29, 1.82) is 0 Å². The maximum atomic E-state index is 11.9. The van der Waals surface area contributed by atoms with E-state index in [9.17, 15) is 4.79 Å². The predicted octanol–water partition coefficient (Wildman–Crippen LogP) is 3.90. The first kappa shape index (κ1) is 23.6. The molecular weight excluding hydrogens is 336 g/mol. The maximum Gasteiger partial charge on any atom is 0.252 e. The number of aromatic nitrogens is 1. The van der Waals surface area contributed by atoms with Crippen LogP contribution in [0.1, 0.15) is 82.0 Å². The molecule has 1 rings (SSSR count). The molecule has 1 unspecified atom stereocenters. The number of nitrogens with one attached hydrogen (secondary N) is 2. The summed E-state index contributed by atoms with van der Waals surface area (Å²) in [5, 5.41) is 6.38. The van der Waals surface area contributed by atoms with Gasteiger partial charge in [0.15, 0.2) is 0 Å². The van der Waals surface area contributed by atoms with Gasteiger partial charge in [-0.25, -0.2) is 0 Å². The molecule has 1 aromatic heterocycles. The fourth-order valence-corrected chi connectivity index (χ4v) is 3.03. The number of rotatable bonds is 16. The summed E-state index contributed by atoms with van der Waals surface area (Å²) in [6, 6.07) is 3.55. The SMILES string of the molecule is CC(C)CNCCCCCCCCCCC(N)CNC(=O)c1cccnc1. The average Bonchev–Trinajstić information content (AvgIpc) is 2.67. The molecule has 0 aliphatic heterocycles. The fourth-order valence-electron chi connectivity index (χ4n) is 3.03. The van der Waals surface area contributed by atoms with Crippen LogP contribution in [-0.2, 0) is 0 Å². The van der Waals surface area contributed by atoms with Crippen LogP contribution in [0.2, 0.25) is 0 Å². The van der Waals surface area contributed by atoms with Gasteiger partial charge in [0.05, 0.1) is 5.56 Å². The van der Waals surface area contributed by atoms with Crippen molar-refractivity contribution in [2.24, 2.45) is 11.7 Å². The number of unbranched alkanes of at least 4 members (excludes halogenated alkanes) is 7. The van der Waals surface area contributed by atoms with E-state index < -0.39 is 0 Å². The molecule has 1 aromatic rings. The van der Waals surface area contributed by atoms with Gasteiger partial charge >= 0.3 is 0 Å². The molecule has 0 saturated heterocycles. The molecular formula is C22H40N4O. The highest BCUT2D eigenvalue weighted by Crippen LogP contribution is 2.10. The van der Waals surface area contributed by atoms with E-state index in [1.54, 1.807) is 24.5 Å². The summed E-state index contributed by atoms with van der Waals surface area (Å²) in [7, 11) is 0. The Balaban J connectivity index is 1.87. The lowest BCUT2D eigenvalue weighted by Gasteiger charge is -2.12. The number of carbonyl (C=O) groups excluding carboxylic acids is 1. The van der Waals surface area contributed by atoms with Crippen molar-refractivity contribution >= 4 is 5.91 Å². The van der Waals surface area contributed by atoms with Gasteiger partial charge in [-0.15, -0.1) is 0 Å². The molecule has 4 N–H and O–H groups in total. The number of nitrogens with zero attached hydrogens (tertiary/aromatic N) is 1. The average molecular weight is 377 g/mol. The summed E-state index contributed by atoms with van der Waals surface area (Å²) in [5.74, 6) is 0.647. The molecule has 0 aromatic carbocycles. The molecule has 0 bridgehead atoms. The van der Waals surface area contributed by atoms with Crippen molar-refractivity contribution in [2.75, 3.05) is 19.6 Å². The number of hydrogen-bond acceptors (Lipinski definition) is 4. The van der Waals surface area contributed by atoms with E-state index in [1.165, 1.54) is 44.9 Å². The van der Waals surface area contributed by atoms with Crippen LogP contribution in [0.3, 0.4) is 0 Å². The van der Waals surface area contributed by atoms with Gasteiger partial charge in [-0.1, -0.05) is 58.8 Å². The Labute approximate surface area is 165 Å². The van der Waals surface area contributed by atoms with Crippen LogP contribution in [0.25, 0.3) is 0 Å². The van der Waals surface area contributed by atoms with Crippen molar-refractivity contribution in [3.05, 3.63) is 30.1 Å². The molecule has 5 heteroatoms. The van der Waals surface area contributed by atoms with Gasteiger partial charge in [-0.2, -0.15) is 0 Å². The quantitative estimate of drug-likeness (QED) is 0.382. The molecule has 27 heavy (non-hydrogen) atoms. The number of amides is 1. The highest BCUT2D eigenvalue weighted by Gasteiger charge is 2.07. The molecule has 1 amide bonds. The molecule has 0 spiro atoms. The van der Waals surface area contributed by atoms with Crippen LogP contribution in [-0.4, -0.2) is 36.6 Å². The molecule has 0 aliphatic rings. The lowest BCUT2D eigenvalue weighted by molar-refractivity contribution is 0.0950. The third-order valence-electron chi connectivity index (χ3n) is 4.68. The van der Waals surface area contributed by atoms with Crippen LogP contribution < -0.4 is 16.4 Å². The van der Waals surface area contributed by atoms with Crippen LogP contribution in [0, 0.1) is 5.92 Å². The smallest absolute Gasteiger partial charge is 0.252 e. The summed E-state index contributed by atoms with van der Waals surface area (Å²) < 4.78 is 0. The third kappa shape index (κ3) is 13.4. The second kappa shape index (κ2) is 15.6. The van der Waals surface area contributed by atoms with Crippen molar-refractivity contribution < 1.29 is 4.79 Å². The summed E-state index contributed by atoms with van der Waals surface area (Å²) in [6.07, 6.45) is 14.5. The Morgan fingerprint density at radius 1 is 1.04 bits per heavy atom. The normalized spacial score (nSPS) is 12.3. The van der Waals surface area contributed by atoms with Crippen LogP contribution in [0.15, 0.2) is 24.5 Å². The van der Waals surface area contributed by atoms with Gasteiger partial charge in [0, 0.05) is 25.0 Å². The summed E-state index contributed by atoms with van der Waals surface area (Å²) in [6.45, 7) is 7.32. The monoisotopic (exact) mass is 376 g/mol. The zero-order valence-corrected chi connectivity index (χ0v) is 17.4. The highest BCUT2D eigenvalue weighted by molar-refractivity contribution is 5.93. The topological polar surface area (TPSA) is 80.0 Å². The standard InChI is InChI=1S/C22H40N4O/c1-19(2)16-24-14-10-8-6-4-3-5-7-9-13-21(23)18-26-22(27)20-12-11-15-25-17-20/h11-12,15,17,19,21,24H,3-10,13-14,16,18,23H2,1-2H3,(H,26,27). The fraction of sp³-hybridized carbons (Fsp3) is 0.727. The van der Waals surface area contributed by atoms with E-state index in [4.69, 9.17) is 5.73 Å². The minimum absolute atomic E-state index is 0.0314. The Hall–Kier alpha value is -1.46. The second-order valence-corrected chi connectivity index (χ2v) is 7.93. The lowest BCUT2D eigenvalue weighted by Crippen LogP contribution is -2.37. The van der Waals surface area contributed by atoms with E-state index in [0.29, 0.717) is 12.1 Å². The Morgan fingerprint density at radius 3 is 2.33 bits per heavy atom. The Kier molecular flexibility index (Phi) is 13.6. The van der Waals surface area contributed by atoms with Gasteiger partial charge < -0.3 is 16.4 Å². The third-order valence-corrected chi connectivity index (χ3v) is 4.68. The van der Waals surface area contributed by atoms with Crippen LogP contribution in [0.4, 0.5) is 0 Å². The lowest BCUT2D eigenvalue weighted by atomic mass is 10.0. The molecule has 1 atom stereocenters. The molecule has 0 fully saturated rings. The molecule has 5 nitrogen and oxygen atoms in total. The Morgan fingerprint density at radius 2 is 1.70 bits per heavy atom. The number of pyridine rings is 1. The van der Waals surface area contributed by atoms with Crippen molar-refractivity contribution in [3.8, 4) is 0 Å². The molecule has 0 aliphatic carbocycles.